The molecule has 0 aliphatic carbocycles. The average Bonchev–Trinajstić information content (AvgIpc) is 3.35. The molecule has 13 N–H and O–H groups in total. The SMILES string of the molecule is NC(N)=NCCCC(NC(=O)C(CC(=O)O)NC(=O)C(Cc1cnc[nH]1)NC(=O)C(N)CCC(=O)O)C(=O)O. The van der Waals surface area contributed by atoms with Crippen LogP contribution in [0.25, 0.3) is 0 Å². The fourth-order valence-corrected chi connectivity index (χ4v) is 3.20. The van der Waals surface area contributed by atoms with Crippen LogP contribution >= 0.6 is 0 Å². The maximum Gasteiger partial charge on any atom is 0.326 e. The van der Waals surface area contributed by atoms with Gasteiger partial charge in [-0.05, 0) is 19.3 Å². The van der Waals surface area contributed by atoms with Crippen LogP contribution in [0.15, 0.2) is 17.5 Å². The molecule has 1 aromatic rings. The van der Waals surface area contributed by atoms with Crippen LogP contribution in [0.2, 0.25) is 0 Å². The number of aliphatic imine (C=N–C) groups is 1. The molecule has 3 amide bonds. The number of nitrogens with zero attached hydrogens (tertiary/aromatic N) is 2. The van der Waals surface area contributed by atoms with E-state index in [1.807, 2.05) is 0 Å². The van der Waals surface area contributed by atoms with Crippen LogP contribution in [0.1, 0.15) is 37.8 Å². The van der Waals surface area contributed by atoms with Gasteiger partial charge in [-0.2, -0.15) is 0 Å². The van der Waals surface area contributed by atoms with Gasteiger partial charge in [-0.15, -0.1) is 0 Å². The molecule has 0 spiro atoms. The van der Waals surface area contributed by atoms with E-state index < -0.39 is 72.6 Å². The molecule has 1 heterocycles. The Morgan fingerprint density at radius 2 is 1.51 bits per heavy atom. The number of carbonyl (C=O) groups is 6. The van der Waals surface area contributed by atoms with Crippen LogP contribution in [0.5, 0.6) is 0 Å². The maximum atomic E-state index is 13.1. The van der Waals surface area contributed by atoms with Crippen LogP contribution in [0.3, 0.4) is 0 Å². The first-order chi connectivity index (χ1) is 18.3. The Morgan fingerprint density at radius 1 is 0.897 bits per heavy atom. The van der Waals surface area contributed by atoms with E-state index in [-0.39, 0.29) is 38.2 Å². The lowest BCUT2D eigenvalue weighted by atomic mass is 10.1. The molecular weight excluding hydrogens is 522 g/mol. The van der Waals surface area contributed by atoms with Gasteiger partial charge in [0.1, 0.15) is 18.1 Å². The summed E-state index contributed by atoms with van der Waals surface area (Å²) in [6.07, 6.45) is 1.05. The van der Waals surface area contributed by atoms with Crippen molar-refractivity contribution in [3.05, 3.63) is 18.2 Å². The largest absolute Gasteiger partial charge is 0.481 e. The minimum atomic E-state index is -1.71. The van der Waals surface area contributed by atoms with E-state index in [0.717, 1.165) is 0 Å². The first-order valence-corrected chi connectivity index (χ1v) is 11.7. The van der Waals surface area contributed by atoms with E-state index in [2.05, 4.69) is 30.9 Å². The average molecular weight is 556 g/mol. The number of rotatable bonds is 18. The third-order valence-electron chi connectivity index (χ3n) is 5.19. The Balaban J connectivity index is 3.01. The number of nitrogens with two attached hydrogens (primary N) is 3. The number of H-pyrrole nitrogens is 1. The van der Waals surface area contributed by atoms with Gasteiger partial charge in [-0.3, -0.25) is 29.0 Å². The first-order valence-electron chi connectivity index (χ1n) is 11.7. The number of amides is 3. The molecule has 0 aliphatic heterocycles. The van der Waals surface area contributed by atoms with E-state index in [1.165, 1.54) is 12.5 Å². The van der Waals surface area contributed by atoms with Crippen molar-refractivity contribution in [3.8, 4) is 0 Å². The number of aromatic amines is 1. The Morgan fingerprint density at radius 3 is 2.05 bits per heavy atom. The molecular formula is C21H33N9O9. The van der Waals surface area contributed by atoms with Crippen molar-refractivity contribution in [2.45, 2.75) is 62.7 Å². The Hall–Kier alpha value is -4.74. The zero-order chi connectivity index (χ0) is 29.5. The number of hydrogen-bond acceptors (Lipinski definition) is 9. The normalized spacial score (nSPS) is 13.7. The number of carbonyl (C=O) groups excluding carboxylic acids is 3. The molecule has 216 valence electrons. The quantitative estimate of drug-likeness (QED) is 0.0472. The molecule has 0 saturated carbocycles. The van der Waals surface area contributed by atoms with Gasteiger partial charge in [0.25, 0.3) is 0 Å². The fourth-order valence-electron chi connectivity index (χ4n) is 3.20. The third-order valence-corrected chi connectivity index (χ3v) is 5.19. The van der Waals surface area contributed by atoms with Crippen molar-refractivity contribution in [2.24, 2.45) is 22.2 Å². The van der Waals surface area contributed by atoms with Crippen LogP contribution in [0.4, 0.5) is 0 Å². The summed E-state index contributed by atoms with van der Waals surface area (Å²) in [5.74, 6) is -7.19. The van der Waals surface area contributed by atoms with Crippen LogP contribution in [-0.2, 0) is 35.2 Å². The summed E-state index contributed by atoms with van der Waals surface area (Å²) in [5, 5.41) is 34.2. The molecule has 0 aromatic carbocycles. The highest BCUT2D eigenvalue weighted by atomic mass is 16.4. The lowest BCUT2D eigenvalue weighted by Crippen LogP contribution is -2.58. The number of carboxylic acids is 3. The molecule has 0 saturated heterocycles. The highest BCUT2D eigenvalue weighted by Gasteiger charge is 2.32. The van der Waals surface area contributed by atoms with Gasteiger partial charge >= 0.3 is 17.9 Å². The highest BCUT2D eigenvalue weighted by Crippen LogP contribution is 2.05. The van der Waals surface area contributed by atoms with Gasteiger partial charge < -0.3 is 53.5 Å². The molecule has 39 heavy (non-hydrogen) atoms. The van der Waals surface area contributed by atoms with Crippen molar-refractivity contribution in [1.82, 2.24) is 25.9 Å². The zero-order valence-electron chi connectivity index (χ0n) is 20.8. The molecule has 0 aliphatic rings. The monoisotopic (exact) mass is 555 g/mol. The number of nitrogens with one attached hydrogen (secondary N) is 4. The molecule has 18 nitrogen and oxygen atoms in total. The number of aliphatic carboxylic acids is 3. The number of aromatic nitrogens is 2. The second-order valence-electron chi connectivity index (χ2n) is 8.39. The van der Waals surface area contributed by atoms with Crippen molar-refractivity contribution in [2.75, 3.05) is 6.54 Å². The van der Waals surface area contributed by atoms with Crippen molar-refractivity contribution >= 4 is 41.6 Å². The van der Waals surface area contributed by atoms with E-state index in [4.69, 9.17) is 22.3 Å². The Bertz CT molecular complexity index is 1040. The lowest BCUT2D eigenvalue weighted by Gasteiger charge is -2.24. The summed E-state index contributed by atoms with van der Waals surface area (Å²) in [6.45, 7) is 0.0842. The topological polar surface area (TPSA) is 318 Å². The predicted molar refractivity (Wildman–Crippen MR) is 133 cm³/mol. The second kappa shape index (κ2) is 16.2. The number of imidazole rings is 1. The minimum absolute atomic E-state index is 0.0842. The third kappa shape index (κ3) is 12.9. The molecule has 4 atom stereocenters. The van der Waals surface area contributed by atoms with Gasteiger partial charge in [0.15, 0.2) is 5.96 Å². The standard InChI is InChI=1S/C21H33N9O9/c22-11(3-4-15(31)32)17(35)29-13(6-10-8-25-9-27-10)18(36)30-14(7-16(33)34)19(37)28-12(20(38)39)2-1-5-26-21(23)24/h8-9,11-14H,1-7,22H2,(H,25,27)(H,28,37)(H,29,35)(H,30,36)(H,31,32)(H,33,34)(H,38,39)(H4,23,24,26). The summed E-state index contributed by atoms with van der Waals surface area (Å²) in [7, 11) is 0. The van der Waals surface area contributed by atoms with E-state index in [1.54, 1.807) is 0 Å². The van der Waals surface area contributed by atoms with Crippen LogP contribution < -0.4 is 33.2 Å². The molecule has 1 aromatic heterocycles. The number of guanidine groups is 1. The molecule has 0 radical (unpaired) electrons. The number of hydrogen-bond donors (Lipinski definition) is 10. The Kier molecular flexibility index (Phi) is 13.4. The first kappa shape index (κ1) is 32.3. The summed E-state index contributed by atoms with van der Waals surface area (Å²) in [4.78, 5) is 82.3. The van der Waals surface area contributed by atoms with Crippen LogP contribution in [0, 0.1) is 0 Å². The summed E-state index contributed by atoms with van der Waals surface area (Å²) >= 11 is 0. The van der Waals surface area contributed by atoms with E-state index in [0.29, 0.717) is 5.69 Å². The predicted octanol–water partition coefficient (Wildman–Crippen LogP) is -3.79. The van der Waals surface area contributed by atoms with Gasteiger partial charge in [0.2, 0.25) is 17.7 Å². The molecule has 0 fully saturated rings. The molecule has 1 rings (SSSR count). The Labute approximate surface area is 221 Å². The van der Waals surface area contributed by atoms with Crippen molar-refractivity contribution in [1.29, 1.82) is 0 Å². The minimum Gasteiger partial charge on any atom is -0.481 e. The smallest absolute Gasteiger partial charge is 0.326 e. The van der Waals surface area contributed by atoms with Gasteiger partial charge in [-0.1, -0.05) is 0 Å². The number of carboxylic acid groups (broad SMARTS) is 3. The van der Waals surface area contributed by atoms with E-state index in [9.17, 15) is 39.0 Å². The lowest BCUT2D eigenvalue weighted by molar-refractivity contribution is -0.144. The van der Waals surface area contributed by atoms with Crippen LogP contribution in [-0.4, -0.2) is 97.6 Å². The van der Waals surface area contributed by atoms with Crippen molar-refractivity contribution < 1.29 is 44.1 Å². The maximum absolute atomic E-state index is 13.1. The molecule has 4 unspecified atom stereocenters. The van der Waals surface area contributed by atoms with Gasteiger partial charge in [0, 0.05) is 31.3 Å². The fraction of sp³-hybridized carbons (Fsp3) is 0.524. The van der Waals surface area contributed by atoms with E-state index >= 15 is 0 Å². The zero-order valence-corrected chi connectivity index (χ0v) is 20.8. The second-order valence-corrected chi connectivity index (χ2v) is 8.39. The van der Waals surface area contributed by atoms with Gasteiger partial charge in [-0.25, -0.2) is 9.78 Å². The summed E-state index contributed by atoms with van der Waals surface area (Å²) in [5.41, 5.74) is 16.5. The summed E-state index contributed by atoms with van der Waals surface area (Å²) < 4.78 is 0. The molecule has 18 heteroatoms. The summed E-state index contributed by atoms with van der Waals surface area (Å²) in [6, 6.07) is -5.80. The highest BCUT2D eigenvalue weighted by molar-refractivity contribution is 5.95. The van der Waals surface area contributed by atoms with Crippen molar-refractivity contribution in [3.63, 3.8) is 0 Å². The molecule has 0 bridgehead atoms. The van der Waals surface area contributed by atoms with Gasteiger partial charge in [0.05, 0.1) is 18.8 Å².